The number of hydrogen-bond acceptors (Lipinski definition) is 4. The summed E-state index contributed by atoms with van der Waals surface area (Å²) < 4.78 is 1.35. The van der Waals surface area contributed by atoms with Crippen molar-refractivity contribution < 1.29 is 4.79 Å². The normalized spacial score (nSPS) is 15.0. The Morgan fingerprint density at radius 2 is 1.79 bits per heavy atom. The van der Waals surface area contributed by atoms with Gasteiger partial charge in [0.2, 0.25) is 0 Å². The fraction of sp³-hybridized carbons (Fsp3) is 0.273. The molecule has 3 aromatic rings. The van der Waals surface area contributed by atoms with Crippen molar-refractivity contribution >= 4 is 22.4 Å². The van der Waals surface area contributed by atoms with Crippen LogP contribution in [0, 0.1) is 0 Å². The van der Waals surface area contributed by atoms with Crippen molar-refractivity contribution in [3.05, 3.63) is 75.7 Å². The molecule has 1 amide bonds. The Labute approximate surface area is 162 Å². The number of nitrogens with one attached hydrogen (secondary N) is 1. The SMILES string of the molecule is CC(C)n1nc(C(=O)N/N=C2/CCCc3ccccc32)c2ccccc2c1=O. The molecular weight excluding hydrogens is 352 g/mol. The van der Waals surface area contributed by atoms with Gasteiger partial charge in [0.1, 0.15) is 0 Å². The molecule has 142 valence electrons. The van der Waals surface area contributed by atoms with Gasteiger partial charge in [-0.25, -0.2) is 10.1 Å². The standard InChI is InChI=1S/C22H22N4O2/c1-14(2)26-22(28)18-12-6-5-11-17(18)20(25-26)21(27)24-23-19-13-7-9-15-8-3-4-10-16(15)19/h3-6,8,10-12,14H,7,9,13H2,1-2H3,(H,24,27)/b23-19-. The lowest BCUT2D eigenvalue weighted by Gasteiger charge is -2.17. The van der Waals surface area contributed by atoms with Crippen LogP contribution in [0.4, 0.5) is 0 Å². The van der Waals surface area contributed by atoms with E-state index in [2.05, 4.69) is 21.7 Å². The van der Waals surface area contributed by atoms with Gasteiger partial charge in [0.15, 0.2) is 5.69 Å². The molecule has 0 fully saturated rings. The number of carbonyl (C=O) groups excluding carboxylic acids is 1. The molecule has 4 rings (SSSR count). The number of hydrogen-bond donors (Lipinski definition) is 1. The Balaban J connectivity index is 1.73. The molecule has 28 heavy (non-hydrogen) atoms. The van der Waals surface area contributed by atoms with Crippen molar-refractivity contribution in [1.82, 2.24) is 15.2 Å². The van der Waals surface area contributed by atoms with Crippen LogP contribution in [0.5, 0.6) is 0 Å². The molecule has 6 heteroatoms. The average molecular weight is 374 g/mol. The van der Waals surface area contributed by atoms with E-state index in [-0.39, 0.29) is 17.3 Å². The van der Waals surface area contributed by atoms with Gasteiger partial charge in [-0.3, -0.25) is 9.59 Å². The minimum absolute atomic E-state index is 0.153. The van der Waals surface area contributed by atoms with Crippen LogP contribution in [-0.2, 0) is 6.42 Å². The minimum Gasteiger partial charge on any atom is -0.267 e. The van der Waals surface area contributed by atoms with Crippen LogP contribution in [0.2, 0.25) is 0 Å². The maximum absolute atomic E-state index is 12.9. The summed E-state index contributed by atoms with van der Waals surface area (Å²) in [5, 5.41) is 9.74. The van der Waals surface area contributed by atoms with E-state index in [4.69, 9.17) is 0 Å². The highest BCUT2D eigenvalue weighted by atomic mass is 16.2. The fourth-order valence-corrected chi connectivity index (χ4v) is 3.61. The van der Waals surface area contributed by atoms with E-state index in [1.54, 1.807) is 24.3 Å². The molecule has 1 N–H and O–H groups in total. The molecule has 1 heterocycles. The van der Waals surface area contributed by atoms with E-state index >= 15 is 0 Å². The Morgan fingerprint density at radius 3 is 2.57 bits per heavy atom. The highest BCUT2D eigenvalue weighted by Gasteiger charge is 2.19. The first kappa shape index (κ1) is 18.1. The zero-order valence-corrected chi connectivity index (χ0v) is 16.0. The molecule has 0 spiro atoms. The third-order valence-corrected chi connectivity index (χ3v) is 5.01. The van der Waals surface area contributed by atoms with Crippen LogP contribution in [0.15, 0.2) is 58.4 Å². The number of hydrazone groups is 1. The highest BCUT2D eigenvalue weighted by Crippen LogP contribution is 2.21. The smallest absolute Gasteiger partial charge is 0.267 e. The molecular formula is C22H22N4O2. The zero-order chi connectivity index (χ0) is 19.7. The first-order chi connectivity index (χ1) is 13.6. The van der Waals surface area contributed by atoms with Crippen LogP contribution in [0.1, 0.15) is 54.3 Å². The molecule has 2 aromatic carbocycles. The summed E-state index contributed by atoms with van der Waals surface area (Å²) in [6.45, 7) is 3.73. The molecule has 1 aromatic heterocycles. The highest BCUT2D eigenvalue weighted by molar-refractivity contribution is 6.07. The Kier molecular flexibility index (Phi) is 4.77. The van der Waals surface area contributed by atoms with Gasteiger partial charge >= 0.3 is 0 Å². The monoisotopic (exact) mass is 374 g/mol. The molecule has 0 radical (unpaired) electrons. The van der Waals surface area contributed by atoms with Crippen molar-refractivity contribution in [1.29, 1.82) is 0 Å². The molecule has 0 atom stereocenters. The quantitative estimate of drug-likeness (QED) is 0.714. The predicted molar refractivity (Wildman–Crippen MR) is 110 cm³/mol. The number of benzene rings is 2. The van der Waals surface area contributed by atoms with Gasteiger partial charge in [0.25, 0.3) is 11.5 Å². The summed E-state index contributed by atoms with van der Waals surface area (Å²) in [6, 6.07) is 15.0. The second-order valence-electron chi connectivity index (χ2n) is 7.25. The van der Waals surface area contributed by atoms with Gasteiger partial charge in [-0.05, 0) is 44.7 Å². The summed E-state index contributed by atoms with van der Waals surface area (Å²) in [7, 11) is 0. The predicted octanol–water partition coefficient (Wildman–Crippen LogP) is 3.45. The van der Waals surface area contributed by atoms with Crippen LogP contribution in [0.3, 0.4) is 0 Å². The van der Waals surface area contributed by atoms with Crippen LogP contribution in [0.25, 0.3) is 10.8 Å². The minimum atomic E-state index is -0.416. The summed E-state index contributed by atoms with van der Waals surface area (Å²) >= 11 is 0. The Bertz CT molecular complexity index is 1140. The average Bonchev–Trinajstić information content (AvgIpc) is 2.72. The number of rotatable bonds is 3. The molecule has 0 unspecified atom stereocenters. The third kappa shape index (κ3) is 3.22. The van der Waals surface area contributed by atoms with Gasteiger partial charge in [0.05, 0.1) is 17.1 Å². The van der Waals surface area contributed by atoms with Crippen LogP contribution in [-0.4, -0.2) is 21.4 Å². The van der Waals surface area contributed by atoms with E-state index < -0.39 is 5.91 Å². The molecule has 0 saturated carbocycles. The number of nitrogens with zero attached hydrogens (tertiary/aromatic N) is 3. The van der Waals surface area contributed by atoms with E-state index in [1.165, 1.54) is 10.2 Å². The number of amides is 1. The van der Waals surface area contributed by atoms with Crippen LogP contribution < -0.4 is 11.0 Å². The van der Waals surface area contributed by atoms with Crippen molar-refractivity contribution in [2.75, 3.05) is 0 Å². The number of fused-ring (bicyclic) bond motifs is 2. The van der Waals surface area contributed by atoms with Crippen molar-refractivity contribution in [2.45, 2.75) is 39.2 Å². The summed E-state index contributed by atoms with van der Waals surface area (Å²) in [5.74, 6) is -0.416. The number of aromatic nitrogens is 2. The van der Waals surface area contributed by atoms with E-state index in [0.717, 1.165) is 30.5 Å². The largest absolute Gasteiger partial charge is 0.292 e. The lowest BCUT2D eigenvalue weighted by molar-refractivity contribution is 0.0949. The second-order valence-corrected chi connectivity index (χ2v) is 7.25. The van der Waals surface area contributed by atoms with E-state index in [9.17, 15) is 9.59 Å². The Hall–Kier alpha value is -3.28. The van der Waals surface area contributed by atoms with Gasteiger partial charge in [-0.1, -0.05) is 42.5 Å². The number of carbonyl (C=O) groups is 1. The summed E-state index contributed by atoms with van der Waals surface area (Å²) in [4.78, 5) is 25.5. The third-order valence-electron chi connectivity index (χ3n) is 5.01. The maximum Gasteiger partial charge on any atom is 0.292 e. The van der Waals surface area contributed by atoms with Crippen molar-refractivity contribution in [2.24, 2.45) is 5.10 Å². The van der Waals surface area contributed by atoms with Gasteiger partial charge in [0, 0.05) is 10.9 Å². The molecule has 0 saturated heterocycles. The second kappa shape index (κ2) is 7.38. The molecule has 1 aliphatic rings. The summed E-state index contributed by atoms with van der Waals surface area (Å²) in [5.41, 5.74) is 5.87. The lowest BCUT2D eigenvalue weighted by atomic mass is 9.90. The Morgan fingerprint density at radius 1 is 1.07 bits per heavy atom. The van der Waals surface area contributed by atoms with Gasteiger partial charge in [-0.15, -0.1) is 0 Å². The van der Waals surface area contributed by atoms with E-state index in [0.29, 0.717) is 10.8 Å². The van der Waals surface area contributed by atoms with Crippen LogP contribution >= 0.6 is 0 Å². The van der Waals surface area contributed by atoms with Crippen molar-refractivity contribution in [3.8, 4) is 0 Å². The molecule has 0 aliphatic heterocycles. The van der Waals surface area contributed by atoms with Gasteiger partial charge < -0.3 is 0 Å². The molecule has 1 aliphatic carbocycles. The first-order valence-corrected chi connectivity index (χ1v) is 9.53. The summed E-state index contributed by atoms with van der Waals surface area (Å²) in [6.07, 6.45) is 2.84. The number of aryl methyl sites for hydroxylation is 1. The molecule has 0 bridgehead atoms. The lowest BCUT2D eigenvalue weighted by Crippen LogP contribution is -2.30. The van der Waals surface area contributed by atoms with Gasteiger partial charge in [-0.2, -0.15) is 10.2 Å². The maximum atomic E-state index is 12.9. The zero-order valence-electron chi connectivity index (χ0n) is 16.0. The topological polar surface area (TPSA) is 76.3 Å². The van der Waals surface area contributed by atoms with Crippen molar-refractivity contribution in [3.63, 3.8) is 0 Å². The molecule has 6 nitrogen and oxygen atoms in total. The fourth-order valence-electron chi connectivity index (χ4n) is 3.61. The van der Waals surface area contributed by atoms with E-state index in [1.807, 2.05) is 32.0 Å². The first-order valence-electron chi connectivity index (χ1n) is 9.53.